The molecule has 1 heterocycles. The van der Waals surface area contributed by atoms with Crippen molar-refractivity contribution in [2.45, 2.75) is 23.5 Å². The van der Waals surface area contributed by atoms with Crippen LogP contribution in [0.5, 0.6) is 11.5 Å². The molecular formula is C15H23NO8S2. The van der Waals surface area contributed by atoms with Gasteiger partial charge in [0.1, 0.15) is 16.4 Å². The Morgan fingerprint density at radius 2 is 2.00 bits per heavy atom. The summed E-state index contributed by atoms with van der Waals surface area (Å²) in [5, 5.41) is 18.9. The largest absolute Gasteiger partial charge is 0.497 e. The van der Waals surface area contributed by atoms with Gasteiger partial charge in [-0.05, 0) is 18.6 Å². The average Bonchev–Trinajstić information content (AvgIpc) is 2.97. The number of sulfone groups is 1. The molecule has 0 amide bonds. The fraction of sp³-hybridized carbons (Fsp3) is 0.600. The molecule has 1 aromatic rings. The number of aliphatic hydroxyl groups is 2. The predicted octanol–water partition coefficient (Wildman–Crippen LogP) is -0.765. The van der Waals surface area contributed by atoms with E-state index in [0.717, 1.165) is 4.31 Å². The van der Waals surface area contributed by atoms with Gasteiger partial charge in [0.2, 0.25) is 10.0 Å². The van der Waals surface area contributed by atoms with Crippen molar-refractivity contribution in [3.63, 3.8) is 0 Å². The molecule has 11 heteroatoms. The number of ether oxygens (including phenoxy) is 2. The third-order valence-electron chi connectivity index (χ3n) is 4.17. The van der Waals surface area contributed by atoms with Crippen molar-refractivity contribution in [1.82, 2.24) is 4.31 Å². The van der Waals surface area contributed by atoms with Crippen LogP contribution in [-0.4, -0.2) is 82.4 Å². The van der Waals surface area contributed by atoms with Crippen LogP contribution in [0.3, 0.4) is 0 Å². The molecule has 148 valence electrons. The van der Waals surface area contributed by atoms with Crippen LogP contribution in [0.25, 0.3) is 0 Å². The van der Waals surface area contributed by atoms with Gasteiger partial charge in [0.05, 0.1) is 38.4 Å². The molecule has 1 aromatic carbocycles. The van der Waals surface area contributed by atoms with Gasteiger partial charge in [0.25, 0.3) is 0 Å². The van der Waals surface area contributed by atoms with Crippen LogP contribution in [-0.2, 0) is 19.9 Å². The van der Waals surface area contributed by atoms with Crippen molar-refractivity contribution in [2.75, 3.05) is 38.9 Å². The Bertz CT molecular complexity index is 837. The fourth-order valence-electron chi connectivity index (χ4n) is 2.82. The zero-order valence-corrected chi connectivity index (χ0v) is 16.2. The van der Waals surface area contributed by atoms with Gasteiger partial charge in [0.15, 0.2) is 9.84 Å². The summed E-state index contributed by atoms with van der Waals surface area (Å²) in [6.45, 7) is -1.08. The maximum Gasteiger partial charge on any atom is 0.247 e. The van der Waals surface area contributed by atoms with Crippen molar-refractivity contribution in [3.8, 4) is 11.5 Å². The Morgan fingerprint density at radius 3 is 2.50 bits per heavy atom. The van der Waals surface area contributed by atoms with Crippen LogP contribution in [0.4, 0.5) is 0 Å². The molecule has 0 radical (unpaired) electrons. The molecule has 1 saturated heterocycles. The van der Waals surface area contributed by atoms with Gasteiger partial charge in [-0.3, -0.25) is 0 Å². The summed E-state index contributed by atoms with van der Waals surface area (Å²) in [4.78, 5) is -0.200. The van der Waals surface area contributed by atoms with E-state index in [-0.39, 0.29) is 34.3 Å². The molecule has 2 atom stereocenters. The lowest BCUT2D eigenvalue weighted by Crippen LogP contribution is -2.46. The van der Waals surface area contributed by atoms with Crippen LogP contribution >= 0.6 is 0 Å². The molecule has 1 fully saturated rings. The van der Waals surface area contributed by atoms with Crippen molar-refractivity contribution >= 4 is 19.9 Å². The lowest BCUT2D eigenvalue weighted by atomic mass is 10.2. The Kier molecular flexibility index (Phi) is 6.51. The SMILES string of the molecule is COc1ccc(OC)c(S(=O)(=O)N(C[C@H](O)CO)[C@@H]2CCS(=O)(=O)C2)c1. The van der Waals surface area contributed by atoms with Gasteiger partial charge in [-0.2, -0.15) is 4.31 Å². The summed E-state index contributed by atoms with van der Waals surface area (Å²) in [6, 6.07) is 3.40. The quantitative estimate of drug-likeness (QED) is 0.573. The number of aliphatic hydroxyl groups excluding tert-OH is 2. The molecule has 0 bridgehead atoms. The topological polar surface area (TPSA) is 130 Å². The van der Waals surface area contributed by atoms with Gasteiger partial charge >= 0.3 is 0 Å². The monoisotopic (exact) mass is 409 g/mol. The summed E-state index contributed by atoms with van der Waals surface area (Å²) in [5.74, 6) is -0.119. The minimum atomic E-state index is -4.22. The number of benzene rings is 1. The van der Waals surface area contributed by atoms with E-state index in [1.165, 1.54) is 32.4 Å². The molecule has 9 nitrogen and oxygen atoms in total. The van der Waals surface area contributed by atoms with E-state index in [0.29, 0.717) is 0 Å². The molecule has 0 saturated carbocycles. The van der Waals surface area contributed by atoms with Gasteiger partial charge in [-0.15, -0.1) is 0 Å². The Morgan fingerprint density at radius 1 is 1.31 bits per heavy atom. The number of sulfonamides is 1. The van der Waals surface area contributed by atoms with E-state index in [2.05, 4.69) is 0 Å². The molecule has 2 N–H and O–H groups in total. The summed E-state index contributed by atoms with van der Waals surface area (Å²) < 4.78 is 61.2. The lowest BCUT2D eigenvalue weighted by Gasteiger charge is -2.29. The highest BCUT2D eigenvalue weighted by Gasteiger charge is 2.40. The van der Waals surface area contributed by atoms with E-state index in [4.69, 9.17) is 14.6 Å². The third-order valence-corrected chi connectivity index (χ3v) is 7.86. The standard InChI is InChI=1S/C15H23NO8S2/c1-23-13-3-4-14(24-2)15(7-13)26(21,22)16(8-12(18)9-17)11-5-6-25(19,20)10-11/h3-4,7,11-12,17-18H,5-6,8-10H2,1-2H3/t11-,12+/m1/s1. The number of hydrogen-bond acceptors (Lipinski definition) is 8. The van der Waals surface area contributed by atoms with E-state index in [9.17, 15) is 21.9 Å². The molecular weight excluding hydrogens is 386 g/mol. The molecule has 1 aliphatic heterocycles. The summed E-state index contributed by atoms with van der Waals surface area (Å²) in [7, 11) is -4.89. The molecule has 0 aromatic heterocycles. The highest BCUT2D eigenvalue weighted by atomic mass is 32.2. The van der Waals surface area contributed by atoms with E-state index >= 15 is 0 Å². The molecule has 2 rings (SSSR count). The minimum absolute atomic E-state index is 0.0649. The second-order valence-corrected chi connectivity index (χ2v) is 10.1. The highest BCUT2D eigenvalue weighted by Crippen LogP contribution is 2.33. The van der Waals surface area contributed by atoms with Crippen LogP contribution < -0.4 is 9.47 Å². The molecule has 0 spiro atoms. The smallest absolute Gasteiger partial charge is 0.247 e. The number of rotatable bonds is 8. The van der Waals surface area contributed by atoms with Crippen LogP contribution in [0, 0.1) is 0 Å². The van der Waals surface area contributed by atoms with Gasteiger partial charge < -0.3 is 19.7 Å². The second kappa shape index (κ2) is 8.09. The maximum absolute atomic E-state index is 13.2. The zero-order chi connectivity index (χ0) is 19.5. The van der Waals surface area contributed by atoms with Crippen molar-refractivity contribution in [2.24, 2.45) is 0 Å². The molecule has 1 aliphatic rings. The summed E-state index contributed by atoms with van der Waals surface area (Å²) in [6.07, 6.45) is -1.23. The lowest BCUT2D eigenvalue weighted by molar-refractivity contribution is 0.0729. The van der Waals surface area contributed by atoms with Gasteiger partial charge in [-0.25, -0.2) is 16.8 Å². The normalized spacial score (nSPS) is 20.9. The number of hydrogen-bond donors (Lipinski definition) is 2. The van der Waals surface area contributed by atoms with Gasteiger partial charge in [0, 0.05) is 18.7 Å². The first-order valence-corrected chi connectivity index (χ1v) is 11.1. The number of methoxy groups -OCH3 is 2. The average molecular weight is 409 g/mol. The van der Waals surface area contributed by atoms with E-state index in [1.807, 2.05) is 0 Å². The van der Waals surface area contributed by atoms with Gasteiger partial charge in [-0.1, -0.05) is 0 Å². The van der Waals surface area contributed by atoms with Crippen molar-refractivity contribution < 1.29 is 36.5 Å². The summed E-state index contributed by atoms with van der Waals surface area (Å²) in [5.41, 5.74) is 0. The molecule has 26 heavy (non-hydrogen) atoms. The minimum Gasteiger partial charge on any atom is -0.497 e. The van der Waals surface area contributed by atoms with E-state index in [1.54, 1.807) is 0 Å². The van der Waals surface area contributed by atoms with E-state index < -0.39 is 45.2 Å². The second-order valence-electron chi connectivity index (χ2n) is 5.98. The Hall–Kier alpha value is -1.40. The first kappa shape index (κ1) is 20.9. The molecule has 0 unspecified atom stereocenters. The third kappa shape index (κ3) is 4.46. The van der Waals surface area contributed by atoms with Crippen molar-refractivity contribution in [3.05, 3.63) is 18.2 Å². The predicted molar refractivity (Wildman–Crippen MR) is 93.6 cm³/mol. The fourth-order valence-corrected chi connectivity index (χ4v) is 6.51. The Balaban J connectivity index is 2.52. The van der Waals surface area contributed by atoms with Crippen LogP contribution in [0.2, 0.25) is 0 Å². The number of nitrogens with zero attached hydrogens (tertiary/aromatic N) is 1. The first-order valence-electron chi connectivity index (χ1n) is 7.88. The first-order chi connectivity index (χ1) is 12.1. The summed E-state index contributed by atoms with van der Waals surface area (Å²) >= 11 is 0. The van der Waals surface area contributed by atoms with Crippen LogP contribution in [0.1, 0.15) is 6.42 Å². The highest BCUT2D eigenvalue weighted by molar-refractivity contribution is 7.92. The zero-order valence-electron chi connectivity index (χ0n) is 14.5. The molecule has 0 aliphatic carbocycles. The maximum atomic E-state index is 13.2. The Labute approximate surface area is 153 Å². The van der Waals surface area contributed by atoms with Crippen LogP contribution in [0.15, 0.2) is 23.1 Å². The van der Waals surface area contributed by atoms with Crippen molar-refractivity contribution in [1.29, 1.82) is 0 Å².